The highest BCUT2D eigenvalue weighted by molar-refractivity contribution is 7.11. The van der Waals surface area contributed by atoms with E-state index < -0.39 is 5.60 Å². The third-order valence-corrected chi connectivity index (χ3v) is 2.99. The predicted octanol–water partition coefficient (Wildman–Crippen LogP) is 2.32. The Labute approximate surface area is 77.3 Å². The van der Waals surface area contributed by atoms with Gasteiger partial charge < -0.3 is 5.11 Å². The number of nitrogens with zero attached hydrogens (tertiary/aromatic N) is 1. The van der Waals surface area contributed by atoms with E-state index in [0.717, 1.165) is 22.7 Å². The highest BCUT2D eigenvalue weighted by atomic mass is 32.1. The smallest absolute Gasteiger partial charge is 0.0948 e. The molecule has 1 aromatic heterocycles. The predicted molar refractivity (Wildman–Crippen MR) is 51.4 cm³/mol. The number of aromatic nitrogens is 1. The number of thiazole rings is 1. The highest BCUT2D eigenvalue weighted by Crippen LogP contribution is 2.26. The number of hydrogen-bond acceptors (Lipinski definition) is 3. The van der Waals surface area contributed by atoms with E-state index in [1.807, 2.05) is 0 Å². The van der Waals surface area contributed by atoms with E-state index >= 15 is 0 Å². The minimum Gasteiger partial charge on any atom is -0.385 e. The van der Waals surface area contributed by atoms with Gasteiger partial charge in [0, 0.05) is 6.20 Å². The molecule has 1 rings (SSSR count). The SMILES string of the molecule is CCCc1ncc(C(C)(C)O)s1. The summed E-state index contributed by atoms with van der Waals surface area (Å²) in [4.78, 5) is 5.18. The van der Waals surface area contributed by atoms with E-state index in [1.54, 1.807) is 31.4 Å². The monoisotopic (exact) mass is 185 g/mol. The second-order valence-electron chi connectivity index (χ2n) is 3.43. The van der Waals surface area contributed by atoms with Crippen LogP contribution in [-0.4, -0.2) is 10.1 Å². The zero-order valence-corrected chi connectivity index (χ0v) is 8.61. The molecule has 2 nitrogen and oxygen atoms in total. The molecule has 0 spiro atoms. The van der Waals surface area contributed by atoms with Crippen molar-refractivity contribution in [2.24, 2.45) is 0 Å². The van der Waals surface area contributed by atoms with Gasteiger partial charge in [-0.3, -0.25) is 0 Å². The largest absolute Gasteiger partial charge is 0.385 e. The van der Waals surface area contributed by atoms with E-state index in [1.165, 1.54) is 0 Å². The van der Waals surface area contributed by atoms with E-state index in [4.69, 9.17) is 0 Å². The van der Waals surface area contributed by atoms with Crippen LogP contribution in [0, 0.1) is 0 Å². The van der Waals surface area contributed by atoms with E-state index in [0.29, 0.717) is 0 Å². The third kappa shape index (κ3) is 2.29. The van der Waals surface area contributed by atoms with Crippen LogP contribution in [0.3, 0.4) is 0 Å². The summed E-state index contributed by atoms with van der Waals surface area (Å²) in [6.07, 6.45) is 3.90. The zero-order valence-electron chi connectivity index (χ0n) is 7.79. The average Bonchev–Trinajstić information content (AvgIpc) is 2.35. The number of aryl methyl sites for hydroxylation is 1. The molecule has 3 heteroatoms. The maximum atomic E-state index is 9.64. The summed E-state index contributed by atoms with van der Waals surface area (Å²) in [5.41, 5.74) is -0.732. The van der Waals surface area contributed by atoms with Gasteiger partial charge in [-0.05, 0) is 26.7 Å². The van der Waals surface area contributed by atoms with E-state index in [-0.39, 0.29) is 0 Å². The molecule has 0 aliphatic heterocycles. The first kappa shape index (κ1) is 9.68. The van der Waals surface area contributed by atoms with Crippen LogP contribution in [0.4, 0.5) is 0 Å². The fourth-order valence-corrected chi connectivity index (χ4v) is 1.94. The molecule has 0 aliphatic rings. The lowest BCUT2D eigenvalue weighted by atomic mass is 10.1. The topological polar surface area (TPSA) is 33.1 Å². The Balaban J connectivity index is 2.77. The van der Waals surface area contributed by atoms with Crippen LogP contribution in [0.2, 0.25) is 0 Å². The first-order valence-corrected chi connectivity index (χ1v) is 5.03. The second kappa shape index (κ2) is 3.54. The molecule has 0 saturated heterocycles. The van der Waals surface area contributed by atoms with Gasteiger partial charge in [0.25, 0.3) is 0 Å². The molecule has 0 atom stereocenters. The quantitative estimate of drug-likeness (QED) is 0.784. The van der Waals surface area contributed by atoms with Gasteiger partial charge in [-0.1, -0.05) is 6.92 Å². The lowest BCUT2D eigenvalue weighted by Gasteiger charge is -2.12. The first-order valence-electron chi connectivity index (χ1n) is 4.21. The second-order valence-corrected chi connectivity index (χ2v) is 4.54. The lowest BCUT2D eigenvalue weighted by molar-refractivity contribution is 0.0823. The van der Waals surface area contributed by atoms with E-state index in [2.05, 4.69) is 11.9 Å². The summed E-state index contributed by atoms with van der Waals surface area (Å²) in [5, 5.41) is 10.8. The van der Waals surface area contributed by atoms with Crippen molar-refractivity contribution in [2.45, 2.75) is 39.2 Å². The Hall–Kier alpha value is -0.410. The average molecular weight is 185 g/mol. The summed E-state index contributed by atoms with van der Waals surface area (Å²) in [6, 6.07) is 0. The van der Waals surface area contributed by atoms with Crippen molar-refractivity contribution in [3.63, 3.8) is 0 Å². The Bertz CT molecular complexity index is 249. The minimum atomic E-state index is -0.732. The van der Waals surface area contributed by atoms with Crippen LogP contribution in [-0.2, 0) is 12.0 Å². The maximum absolute atomic E-state index is 9.64. The fourth-order valence-electron chi connectivity index (χ4n) is 0.923. The van der Waals surface area contributed by atoms with Gasteiger partial charge in [-0.2, -0.15) is 0 Å². The summed E-state index contributed by atoms with van der Waals surface area (Å²) in [6.45, 7) is 5.71. The molecule has 0 aromatic carbocycles. The molecule has 0 unspecified atom stereocenters. The Morgan fingerprint density at radius 1 is 1.58 bits per heavy atom. The van der Waals surface area contributed by atoms with Crippen molar-refractivity contribution in [1.29, 1.82) is 0 Å². The van der Waals surface area contributed by atoms with Crippen molar-refractivity contribution in [3.05, 3.63) is 16.1 Å². The fraction of sp³-hybridized carbons (Fsp3) is 0.667. The van der Waals surface area contributed by atoms with Crippen LogP contribution < -0.4 is 0 Å². The van der Waals surface area contributed by atoms with Crippen LogP contribution in [0.15, 0.2) is 6.20 Å². The molecule has 0 amide bonds. The third-order valence-electron chi connectivity index (χ3n) is 1.62. The summed E-state index contributed by atoms with van der Waals surface area (Å²) in [5.74, 6) is 0. The maximum Gasteiger partial charge on any atom is 0.0948 e. The van der Waals surface area contributed by atoms with Crippen molar-refractivity contribution in [2.75, 3.05) is 0 Å². The molecular weight excluding hydrogens is 170 g/mol. The number of aliphatic hydroxyl groups is 1. The highest BCUT2D eigenvalue weighted by Gasteiger charge is 2.18. The van der Waals surface area contributed by atoms with Crippen molar-refractivity contribution in [3.8, 4) is 0 Å². The molecule has 0 fully saturated rings. The van der Waals surface area contributed by atoms with Gasteiger partial charge in [0.2, 0.25) is 0 Å². The Kier molecular flexibility index (Phi) is 2.85. The van der Waals surface area contributed by atoms with Crippen molar-refractivity contribution in [1.82, 2.24) is 4.98 Å². The molecule has 1 aromatic rings. The van der Waals surface area contributed by atoms with Crippen LogP contribution >= 0.6 is 11.3 Å². The normalized spacial score (nSPS) is 12.0. The van der Waals surface area contributed by atoms with E-state index in [9.17, 15) is 5.11 Å². The summed E-state index contributed by atoms with van der Waals surface area (Å²) < 4.78 is 0. The molecule has 12 heavy (non-hydrogen) atoms. The Morgan fingerprint density at radius 2 is 2.25 bits per heavy atom. The van der Waals surface area contributed by atoms with Crippen molar-refractivity contribution >= 4 is 11.3 Å². The minimum absolute atomic E-state index is 0.732. The van der Waals surface area contributed by atoms with Gasteiger partial charge >= 0.3 is 0 Å². The molecule has 68 valence electrons. The number of rotatable bonds is 3. The molecule has 0 bridgehead atoms. The van der Waals surface area contributed by atoms with Crippen LogP contribution in [0.25, 0.3) is 0 Å². The Morgan fingerprint density at radius 3 is 2.67 bits per heavy atom. The van der Waals surface area contributed by atoms with Gasteiger partial charge in [0.1, 0.15) is 0 Å². The summed E-state index contributed by atoms with van der Waals surface area (Å²) in [7, 11) is 0. The molecule has 0 aliphatic carbocycles. The standard InChI is InChI=1S/C9H15NOS/c1-4-5-8-10-6-7(12-8)9(2,3)11/h6,11H,4-5H2,1-3H3. The number of hydrogen-bond donors (Lipinski definition) is 1. The first-order chi connectivity index (χ1) is 5.54. The lowest BCUT2D eigenvalue weighted by Crippen LogP contribution is -2.12. The molecule has 1 heterocycles. The van der Waals surface area contributed by atoms with Gasteiger partial charge in [0.05, 0.1) is 15.5 Å². The molecule has 0 saturated carbocycles. The van der Waals surface area contributed by atoms with Gasteiger partial charge in [-0.15, -0.1) is 11.3 Å². The van der Waals surface area contributed by atoms with Crippen LogP contribution in [0.1, 0.15) is 37.1 Å². The van der Waals surface area contributed by atoms with Gasteiger partial charge in [0.15, 0.2) is 0 Å². The zero-order chi connectivity index (χ0) is 9.19. The molecule has 0 radical (unpaired) electrons. The van der Waals surface area contributed by atoms with Gasteiger partial charge in [-0.25, -0.2) is 4.98 Å². The van der Waals surface area contributed by atoms with Crippen LogP contribution in [0.5, 0.6) is 0 Å². The summed E-state index contributed by atoms with van der Waals surface area (Å²) >= 11 is 1.60. The molecular formula is C9H15NOS. The molecule has 1 N–H and O–H groups in total. The van der Waals surface area contributed by atoms with Crippen molar-refractivity contribution < 1.29 is 5.11 Å².